The number of hydrogen-bond acceptors (Lipinski definition) is 5. The van der Waals surface area contributed by atoms with Crippen molar-refractivity contribution in [2.75, 3.05) is 16.0 Å². The molecule has 0 bridgehead atoms. The second-order valence-corrected chi connectivity index (χ2v) is 9.15. The van der Waals surface area contributed by atoms with E-state index in [9.17, 15) is 24.0 Å². The number of carbonyl (C=O) groups is 3. The molecule has 0 aliphatic heterocycles. The molecule has 2 aromatic rings. The number of rotatable bonds is 4. The van der Waals surface area contributed by atoms with E-state index in [-0.39, 0.29) is 23.1 Å². The molecule has 0 radical (unpaired) electrons. The number of carbonyl (C=O) groups excluding carboxylic acids is 3. The van der Waals surface area contributed by atoms with Gasteiger partial charge < -0.3 is 20.9 Å². The number of aromatic amines is 2. The smallest absolute Gasteiger partial charge is 0.325 e. The standard InChI is InChI=1S/C21H27N5O5/c1-20(2,3)17(29)23-12-7-11(8-13(9-12)24-18(30)21(4,5)6)15(27)25-14-10-22-19(31)26-16(14)28/h7-10H,1-6H3,(H,23,29)(H,24,30)(H,25,27)(H2,22,26,28,31). The predicted molar refractivity (Wildman–Crippen MR) is 118 cm³/mol. The van der Waals surface area contributed by atoms with E-state index in [0.29, 0.717) is 11.4 Å². The molecule has 0 unspecified atom stereocenters. The quantitative estimate of drug-likeness (QED) is 0.505. The lowest BCUT2D eigenvalue weighted by atomic mass is 9.95. The van der Waals surface area contributed by atoms with Crippen LogP contribution in [0.25, 0.3) is 0 Å². The van der Waals surface area contributed by atoms with Crippen LogP contribution in [0.1, 0.15) is 51.9 Å². The number of H-pyrrole nitrogens is 2. The monoisotopic (exact) mass is 429 g/mol. The van der Waals surface area contributed by atoms with E-state index < -0.39 is 28.0 Å². The highest BCUT2D eigenvalue weighted by molar-refractivity contribution is 6.07. The van der Waals surface area contributed by atoms with Gasteiger partial charge in [0.1, 0.15) is 5.69 Å². The number of hydrogen-bond donors (Lipinski definition) is 5. The normalized spacial score (nSPS) is 11.5. The Labute approximate surface area is 178 Å². The van der Waals surface area contributed by atoms with Gasteiger partial charge in [-0.3, -0.25) is 24.2 Å². The molecule has 10 nitrogen and oxygen atoms in total. The number of nitrogens with one attached hydrogen (secondary N) is 5. The molecular weight excluding hydrogens is 402 g/mol. The van der Waals surface area contributed by atoms with Gasteiger partial charge in [0.25, 0.3) is 11.5 Å². The molecule has 0 saturated carbocycles. The summed E-state index contributed by atoms with van der Waals surface area (Å²) in [5.74, 6) is -1.24. The maximum absolute atomic E-state index is 12.7. The maximum Gasteiger partial charge on any atom is 0.325 e. The van der Waals surface area contributed by atoms with Gasteiger partial charge in [0.15, 0.2) is 0 Å². The molecular formula is C21H27N5O5. The third-order valence-corrected chi connectivity index (χ3v) is 4.14. The zero-order chi connectivity index (χ0) is 23.6. The van der Waals surface area contributed by atoms with Gasteiger partial charge in [0.05, 0.1) is 0 Å². The molecule has 1 heterocycles. The zero-order valence-electron chi connectivity index (χ0n) is 18.4. The van der Waals surface area contributed by atoms with E-state index >= 15 is 0 Å². The fourth-order valence-electron chi connectivity index (χ4n) is 2.24. The first kappa shape index (κ1) is 23.6. The minimum Gasteiger partial charge on any atom is -0.326 e. The summed E-state index contributed by atoms with van der Waals surface area (Å²) in [6, 6.07) is 4.38. The molecule has 0 spiro atoms. The summed E-state index contributed by atoms with van der Waals surface area (Å²) in [5, 5.41) is 7.85. The van der Waals surface area contributed by atoms with Gasteiger partial charge in [-0.2, -0.15) is 0 Å². The van der Waals surface area contributed by atoms with Crippen molar-refractivity contribution >= 4 is 34.8 Å². The molecule has 1 aromatic carbocycles. The summed E-state index contributed by atoms with van der Waals surface area (Å²) >= 11 is 0. The van der Waals surface area contributed by atoms with Gasteiger partial charge in [-0.25, -0.2) is 4.79 Å². The molecule has 166 valence electrons. The third-order valence-electron chi connectivity index (χ3n) is 4.14. The van der Waals surface area contributed by atoms with Gasteiger partial charge in [0.2, 0.25) is 11.8 Å². The average Bonchev–Trinajstić information content (AvgIpc) is 2.62. The van der Waals surface area contributed by atoms with Crippen molar-refractivity contribution in [2.24, 2.45) is 10.8 Å². The molecule has 0 saturated heterocycles. The average molecular weight is 429 g/mol. The Balaban J connectivity index is 2.42. The first-order valence-electron chi connectivity index (χ1n) is 9.58. The number of aromatic nitrogens is 2. The topological polar surface area (TPSA) is 153 Å². The van der Waals surface area contributed by atoms with Crippen molar-refractivity contribution in [3.63, 3.8) is 0 Å². The molecule has 10 heteroatoms. The van der Waals surface area contributed by atoms with E-state index in [4.69, 9.17) is 0 Å². The molecule has 0 atom stereocenters. The lowest BCUT2D eigenvalue weighted by molar-refractivity contribution is -0.123. The van der Waals surface area contributed by atoms with Crippen molar-refractivity contribution in [1.82, 2.24) is 9.97 Å². The second kappa shape index (κ2) is 8.58. The summed E-state index contributed by atoms with van der Waals surface area (Å²) in [6.45, 7) is 10.4. The Kier molecular flexibility index (Phi) is 6.53. The van der Waals surface area contributed by atoms with Gasteiger partial charge in [-0.05, 0) is 18.2 Å². The fourth-order valence-corrected chi connectivity index (χ4v) is 2.24. The Bertz CT molecular complexity index is 1090. The molecule has 31 heavy (non-hydrogen) atoms. The van der Waals surface area contributed by atoms with Gasteiger partial charge in [-0.1, -0.05) is 41.5 Å². The maximum atomic E-state index is 12.7. The Hall–Kier alpha value is -3.69. The number of amides is 3. The Morgan fingerprint density at radius 1 is 0.774 bits per heavy atom. The fraction of sp³-hybridized carbons (Fsp3) is 0.381. The highest BCUT2D eigenvalue weighted by atomic mass is 16.2. The molecule has 3 amide bonds. The summed E-state index contributed by atoms with van der Waals surface area (Å²) in [4.78, 5) is 64.8. The van der Waals surface area contributed by atoms with E-state index in [0.717, 1.165) is 6.20 Å². The van der Waals surface area contributed by atoms with Crippen LogP contribution < -0.4 is 27.2 Å². The minimum absolute atomic E-state index is 0.0847. The van der Waals surface area contributed by atoms with Crippen molar-refractivity contribution in [3.05, 3.63) is 50.8 Å². The van der Waals surface area contributed by atoms with Crippen LogP contribution in [0.5, 0.6) is 0 Å². The summed E-state index contributed by atoms with van der Waals surface area (Å²) in [5.41, 5.74) is -2.32. The van der Waals surface area contributed by atoms with E-state index in [1.165, 1.54) is 18.2 Å². The first-order chi connectivity index (χ1) is 14.2. The molecule has 0 aliphatic carbocycles. The predicted octanol–water partition coefficient (Wildman–Crippen LogP) is 2.28. The SMILES string of the molecule is CC(C)(C)C(=O)Nc1cc(NC(=O)C(C)(C)C)cc(C(=O)Nc2c[nH]c(=O)[nH]c2=O)c1. The highest BCUT2D eigenvalue weighted by Gasteiger charge is 2.24. The van der Waals surface area contributed by atoms with E-state index in [2.05, 4.69) is 20.9 Å². The van der Waals surface area contributed by atoms with E-state index in [1.54, 1.807) is 41.5 Å². The number of anilines is 3. The van der Waals surface area contributed by atoms with Crippen molar-refractivity contribution in [1.29, 1.82) is 0 Å². The van der Waals surface area contributed by atoms with Crippen molar-refractivity contribution < 1.29 is 14.4 Å². The van der Waals surface area contributed by atoms with Crippen LogP contribution >= 0.6 is 0 Å². The van der Waals surface area contributed by atoms with Crippen LogP contribution in [0.4, 0.5) is 17.1 Å². The largest absolute Gasteiger partial charge is 0.326 e. The van der Waals surface area contributed by atoms with E-state index in [1.807, 2.05) is 4.98 Å². The minimum atomic E-state index is -0.768. The van der Waals surface area contributed by atoms with Gasteiger partial charge >= 0.3 is 5.69 Å². The zero-order valence-corrected chi connectivity index (χ0v) is 18.4. The first-order valence-corrected chi connectivity index (χ1v) is 9.58. The molecule has 0 aliphatic rings. The van der Waals surface area contributed by atoms with Gasteiger partial charge in [0, 0.05) is 34.0 Å². The number of benzene rings is 1. The third kappa shape index (κ3) is 6.39. The van der Waals surface area contributed by atoms with Gasteiger partial charge in [-0.15, -0.1) is 0 Å². The Morgan fingerprint density at radius 2 is 1.26 bits per heavy atom. The summed E-state index contributed by atoms with van der Waals surface area (Å²) < 4.78 is 0. The highest BCUT2D eigenvalue weighted by Crippen LogP contribution is 2.25. The second-order valence-electron chi connectivity index (χ2n) is 9.15. The lowest BCUT2D eigenvalue weighted by Gasteiger charge is -2.20. The van der Waals surface area contributed by atoms with Crippen LogP contribution in [0.2, 0.25) is 0 Å². The van der Waals surface area contributed by atoms with Crippen LogP contribution in [0.15, 0.2) is 34.0 Å². The molecule has 0 fully saturated rings. The summed E-state index contributed by atoms with van der Waals surface area (Å²) in [6.07, 6.45) is 1.08. The van der Waals surface area contributed by atoms with Crippen LogP contribution in [-0.2, 0) is 9.59 Å². The molecule has 1 aromatic heterocycles. The van der Waals surface area contributed by atoms with Crippen molar-refractivity contribution in [3.8, 4) is 0 Å². The Morgan fingerprint density at radius 3 is 1.68 bits per heavy atom. The molecule has 2 rings (SSSR count). The summed E-state index contributed by atoms with van der Waals surface area (Å²) in [7, 11) is 0. The molecule has 5 N–H and O–H groups in total. The van der Waals surface area contributed by atoms with Crippen LogP contribution in [-0.4, -0.2) is 27.7 Å². The van der Waals surface area contributed by atoms with Crippen LogP contribution in [0, 0.1) is 10.8 Å². The van der Waals surface area contributed by atoms with Crippen LogP contribution in [0.3, 0.4) is 0 Å². The van der Waals surface area contributed by atoms with Crippen molar-refractivity contribution in [2.45, 2.75) is 41.5 Å². The lowest BCUT2D eigenvalue weighted by Crippen LogP contribution is -2.29.